The van der Waals surface area contributed by atoms with Gasteiger partial charge in [-0.1, -0.05) is 19.1 Å². The molecule has 0 radical (unpaired) electrons. The Morgan fingerprint density at radius 3 is 2.43 bits per heavy atom. The molecule has 154 valence electrons. The molecule has 0 aromatic heterocycles. The van der Waals surface area contributed by atoms with Gasteiger partial charge in [-0.3, -0.25) is 9.59 Å². The van der Waals surface area contributed by atoms with Crippen LogP contribution in [0.1, 0.15) is 57.9 Å². The van der Waals surface area contributed by atoms with Gasteiger partial charge >= 0.3 is 0 Å². The first-order chi connectivity index (χ1) is 13.5. The summed E-state index contributed by atoms with van der Waals surface area (Å²) in [5, 5.41) is 0. The average molecular weight is 387 g/mol. The van der Waals surface area contributed by atoms with Crippen molar-refractivity contribution in [2.45, 2.75) is 76.9 Å². The van der Waals surface area contributed by atoms with Crippen molar-refractivity contribution in [3.05, 3.63) is 29.8 Å². The zero-order chi connectivity index (χ0) is 20.1. The Hall–Kier alpha value is -1.88. The first-order valence-electron chi connectivity index (χ1n) is 10.7. The summed E-state index contributed by atoms with van der Waals surface area (Å²) in [5.74, 6) is 1.47. The molecule has 2 aliphatic heterocycles. The molecule has 2 fully saturated rings. The fourth-order valence-corrected chi connectivity index (χ4v) is 4.86. The highest BCUT2D eigenvalue weighted by molar-refractivity contribution is 5.85. The van der Waals surface area contributed by atoms with Crippen molar-refractivity contribution in [1.82, 2.24) is 9.80 Å². The zero-order valence-electron chi connectivity index (χ0n) is 17.5. The van der Waals surface area contributed by atoms with Crippen molar-refractivity contribution >= 4 is 11.7 Å². The number of benzene rings is 1. The van der Waals surface area contributed by atoms with E-state index in [-0.39, 0.29) is 18.0 Å². The normalized spacial score (nSPS) is 22.6. The van der Waals surface area contributed by atoms with Crippen LogP contribution in [-0.4, -0.2) is 59.8 Å². The number of hydrogen-bond donors (Lipinski definition) is 0. The highest BCUT2D eigenvalue weighted by atomic mass is 16.5. The Bertz CT molecular complexity index is 657. The van der Waals surface area contributed by atoms with E-state index >= 15 is 0 Å². The number of methoxy groups -OCH3 is 1. The molecule has 2 saturated heterocycles. The Balaban J connectivity index is 1.45. The summed E-state index contributed by atoms with van der Waals surface area (Å²) in [4.78, 5) is 29.0. The summed E-state index contributed by atoms with van der Waals surface area (Å²) in [5.41, 5.74) is 1.30. The maximum Gasteiger partial charge on any atom is 0.223 e. The molecule has 3 rings (SSSR count). The van der Waals surface area contributed by atoms with E-state index in [9.17, 15) is 9.59 Å². The maximum atomic E-state index is 12.7. The van der Waals surface area contributed by atoms with Crippen LogP contribution in [0.3, 0.4) is 0 Å². The van der Waals surface area contributed by atoms with E-state index < -0.39 is 0 Å². The van der Waals surface area contributed by atoms with Gasteiger partial charge in [0.05, 0.1) is 7.11 Å². The summed E-state index contributed by atoms with van der Waals surface area (Å²) in [7, 11) is 1.69. The van der Waals surface area contributed by atoms with Crippen LogP contribution in [0.5, 0.6) is 5.75 Å². The van der Waals surface area contributed by atoms with Gasteiger partial charge in [-0.15, -0.1) is 0 Å². The molecule has 3 unspecified atom stereocenters. The standard InChI is InChI=1S/C23H34N2O3/c1-4-24(17(2)14-18-7-11-22(28-3)12-8-18)13-5-6-23(27)25-19-9-10-20(25)16-21(26)15-19/h7-8,11-12,17,19-20H,4-6,9-10,13-16H2,1-3H3. The zero-order valence-corrected chi connectivity index (χ0v) is 17.5. The molecule has 1 aromatic rings. The number of carbonyl (C=O) groups excluding carboxylic acids is 2. The van der Waals surface area contributed by atoms with Gasteiger partial charge in [-0.2, -0.15) is 0 Å². The van der Waals surface area contributed by atoms with E-state index in [0.717, 1.165) is 44.5 Å². The van der Waals surface area contributed by atoms with Gasteiger partial charge in [-0.25, -0.2) is 0 Å². The number of rotatable bonds is 9. The molecule has 2 aliphatic rings. The first kappa shape index (κ1) is 20.8. The van der Waals surface area contributed by atoms with Crippen LogP contribution >= 0.6 is 0 Å². The van der Waals surface area contributed by atoms with Gasteiger partial charge < -0.3 is 14.5 Å². The number of nitrogens with zero attached hydrogens (tertiary/aromatic N) is 2. The number of ketones is 1. The Labute approximate surface area is 169 Å². The SMILES string of the molecule is CCN(CCCC(=O)N1C2CCC1CC(=O)C2)C(C)Cc1ccc(OC)cc1. The molecule has 3 atom stereocenters. The third kappa shape index (κ3) is 4.93. The number of likely N-dealkylation sites (N-methyl/N-ethyl adjacent to an activating group) is 1. The van der Waals surface area contributed by atoms with E-state index in [4.69, 9.17) is 4.74 Å². The number of fused-ring (bicyclic) bond motifs is 2. The third-order valence-electron chi connectivity index (χ3n) is 6.39. The molecule has 5 nitrogen and oxygen atoms in total. The van der Waals surface area contributed by atoms with E-state index in [1.54, 1.807) is 7.11 Å². The predicted molar refractivity (Wildman–Crippen MR) is 111 cm³/mol. The van der Waals surface area contributed by atoms with E-state index in [1.165, 1.54) is 5.56 Å². The largest absolute Gasteiger partial charge is 0.497 e. The molecule has 0 N–H and O–H groups in total. The number of Topliss-reactive ketones (excluding diaryl/α,β-unsaturated/α-hetero) is 1. The lowest BCUT2D eigenvalue weighted by Crippen LogP contribution is -2.47. The number of amides is 1. The molecule has 1 amide bonds. The first-order valence-corrected chi connectivity index (χ1v) is 10.7. The van der Waals surface area contributed by atoms with Gasteiger partial charge in [-0.05, 0) is 63.4 Å². The number of hydrogen-bond acceptors (Lipinski definition) is 4. The minimum Gasteiger partial charge on any atom is -0.497 e. The monoisotopic (exact) mass is 386 g/mol. The molecule has 0 aliphatic carbocycles. The van der Waals surface area contributed by atoms with Gasteiger partial charge in [0, 0.05) is 37.4 Å². The van der Waals surface area contributed by atoms with Gasteiger partial charge in [0.1, 0.15) is 11.5 Å². The van der Waals surface area contributed by atoms with Gasteiger partial charge in [0.2, 0.25) is 5.91 Å². The Morgan fingerprint density at radius 2 is 1.86 bits per heavy atom. The second kappa shape index (κ2) is 9.55. The van der Waals surface area contributed by atoms with Crippen molar-refractivity contribution in [1.29, 1.82) is 0 Å². The van der Waals surface area contributed by atoms with E-state index in [0.29, 0.717) is 31.1 Å². The lowest BCUT2D eigenvalue weighted by molar-refractivity contribution is -0.138. The summed E-state index contributed by atoms with van der Waals surface area (Å²) in [6.45, 7) is 6.35. The molecule has 1 aromatic carbocycles. The number of ether oxygens (including phenoxy) is 1. The van der Waals surface area contributed by atoms with E-state index in [2.05, 4.69) is 30.9 Å². The summed E-state index contributed by atoms with van der Waals surface area (Å²) < 4.78 is 5.23. The molecule has 0 saturated carbocycles. The molecule has 2 heterocycles. The van der Waals surface area contributed by atoms with Crippen molar-refractivity contribution in [3.63, 3.8) is 0 Å². The van der Waals surface area contributed by atoms with Gasteiger partial charge in [0.25, 0.3) is 0 Å². The predicted octanol–water partition coefficient (Wildman–Crippen LogP) is 3.45. The summed E-state index contributed by atoms with van der Waals surface area (Å²) in [6.07, 6.45) is 5.61. The van der Waals surface area contributed by atoms with Crippen LogP contribution in [0.4, 0.5) is 0 Å². The van der Waals surface area contributed by atoms with Crippen LogP contribution in [0.15, 0.2) is 24.3 Å². The lowest BCUT2D eigenvalue weighted by Gasteiger charge is -2.34. The number of carbonyl (C=O) groups is 2. The lowest BCUT2D eigenvalue weighted by atomic mass is 10.0. The number of piperidine rings is 1. The quantitative estimate of drug-likeness (QED) is 0.652. The minimum atomic E-state index is 0.176. The molecular formula is C23H34N2O3. The summed E-state index contributed by atoms with van der Waals surface area (Å²) in [6, 6.07) is 9.05. The third-order valence-corrected chi connectivity index (χ3v) is 6.39. The highest BCUT2D eigenvalue weighted by Crippen LogP contribution is 2.34. The van der Waals surface area contributed by atoms with Gasteiger partial charge in [0.15, 0.2) is 0 Å². The average Bonchev–Trinajstić information content (AvgIpc) is 2.97. The van der Waals surface area contributed by atoms with Crippen LogP contribution in [0.2, 0.25) is 0 Å². The fraction of sp³-hybridized carbons (Fsp3) is 0.652. The van der Waals surface area contributed by atoms with Crippen molar-refractivity contribution in [3.8, 4) is 5.75 Å². The maximum absolute atomic E-state index is 12.7. The molecule has 28 heavy (non-hydrogen) atoms. The smallest absolute Gasteiger partial charge is 0.223 e. The van der Waals surface area contributed by atoms with Crippen molar-refractivity contribution < 1.29 is 14.3 Å². The van der Waals surface area contributed by atoms with Crippen LogP contribution in [0.25, 0.3) is 0 Å². The molecule has 0 spiro atoms. The molecule has 5 heteroatoms. The minimum absolute atomic E-state index is 0.176. The topological polar surface area (TPSA) is 49.9 Å². The Morgan fingerprint density at radius 1 is 1.21 bits per heavy atom. The second-order valence-electron chi connectivity index (χ2n) is 8.27. The fourth-order valence-electron chi connectivity index (χ4n) is 4.86. The highest BCUT2D eigenvalue weighted by Gasteiger charge is 2.42. The second-order valence-corrected chi connectivity index (χ2v) is 8.27. The molecule has 2 bridgehead atoms. The van der Waals surface area contributed by atoms with E-state index in [1.807, 2.05) is 17.0 Å². The van der Waals surface area contributed by atoms with Crippen molar-refractivity contribution in [2.24, 2.45) is 0 Å². The van der Waals surface area contributed by atoms with Crippen molar-refractivity contribution in [2.75, 3.05) is 20.2 Å². The van der Waals surface area contributed by atoms with Crippen LogP contribution in [0, 0.1) is 0 Å². The summed E-state index contributed by atoms with van der Waals surface area (Å²) >= 11 is 0. The van der Waals surface area contributed by atoms with Crippen LogP contribution in [-0.2, 0) is 16.0 Å². The molecular weight excluding hydrogens is 352 g/mol. The Kier molecular flexibility index (Phi) is 7.11. The van der Waals surface area contributed by atoms with Crippen LogP contribution < -0.4 is 4.74 Å².